The summed E-state index contributed by atoms with van der Waals surface area (Å²) in [5.41, 5.74) is -0.814. The minimum Gasteiger partial charge on any atom is -0.477 e. The lowest BCUT2D eigenvalue weighted by Crippen LogP contribution is -2.40. The molecule has 0 spiro atoms. The molecule has 102 valence electrons. The van der Waals surface area contributed by atoms with Crippen molar-refractivity contribution in [3.63, 3.8) is 0 Å². The van der Waals surface area contributed by atoms with Crippen molar-refractivity contribution >= 4 is 25.2 Å². The number of carboxylic acids is 1. The Hall–Kier alpha value is -2.05. The number of aromatic carboxylic acids is 1. The third-order valence-electron chi connectivity index (χ3n) is 2.72. The molecule has 0 amide bonds. The van der Waals surface area contributed by atoms with Gasteiger partial charge in [-0.25, -0.2) is 9.59 Å². The predicted octanol–water partition coefficient (Wildman–Crippen LogP) is -0.437. The molecule has 0 fully saturated rings. The lowest BCUT2D eigenvalue weighted by Gasteiger charge is -2.19. The first kappa shape index (κ1) is 15.0. The number of pyridine rings is 1. The summed E-state index contributed by atoms with van der Waals surface area (Å²) in [6, 6.07) is -0.170. The number of carbonyl (C=O) groups excluding carboxylic acids is 1. The molecule has 1 aromatic heterocycles. The highest BCUT2D eigenvalue weighted by atomic mass is 16.5. The summed E-state index contributed by atoms with van der Waals surface area (Å²) in [7, 11) is 1.43. The van der Waals surface area contributed by atoms with Crippen molar-refractivity contribution in [2.75, 3.05) is 6.61 Å². The fraction of sp³-hybridized carbons (Fsp3) is 0.417. The summed E-state index contributed by atoms with van der Waals surface area (Å²) in [4.78, 5) is 34.8. The van der Waals surface area contributed by atoms with E-state index < -0.39 is 17.4 Å². The van der Waals surface area contributed by atoms with Crippen LogP contribution in [-0.2, 0) is 4.74 Å². The standard InChI is InChI=1S/C12H16BNO5/c1-4-19-12(18)9-8(13)10(15)7(11(16)17)5-14(9)6(2)3/h5-6H,4,13H2,1-3H3,(H,16,17). The van der Waals surface area contributed by atoms with Crippen LogP contribution < -0.4 is 10.9 Å². The first-order chi connectivity index (χ1) is 8.81. The quantitative estimate of drug-likeness (QED) is 0.589. The molecule has 0 bridgehead atoms. The van der Waals surface area contributed by atoms with E-state index in [9.17, 15) is 14.4 Å². The maximum absolute atomic E-state index is 11.9. The molecule has 0 saturated heterocycles. The van der Waals surface area contributed by atoms with Gasteiger partial charge >= 0.3 is 11.9 Å². The Labute approximate surface area is 111 Å². The highest BCUT2D eigenvalue weighted by Crippen LogP contribution is 2.09. The Balaban J connectivity index is 3.62. The lowest BCUT2D eigenvalue weighted by atomic mass is 9.91. The van der Waals surface area contributed by atoms with Crippen LogP contribution in [0.15, 0.2) is 11.0 Å². The molecule has 1 N–H and O–H groups in total. The van der Waals surface area contributed by atoms with Gasteiger partial charge in [0.15, 0.2) is 5.43 Å². The first-order valence-corrected chi connectivity index (χ1v) is 5.97. The number of carboxylic acid groups (broad SMARTS) is 1. The summed E-state index contributed by atoms with van der Waals surface area (Å²) in [5.74, 6) is -1.93. The molecule has 19 heavy (non-hydrogen) atoms. The van der Waals surface area contributed by atoms with E-state index in [1.54, 1.807) is 20.8 Å². The molecule has 0 unspecified atom stereocenters. The normalized spacial score (nSPS) is 10.5. The molecular formula is C12H16BNO5. The molecule has 0 saturated carbocycles. The van der Waals surface area contributed by atoms with E-state index in [0.717, 1.165) is 0 Å². The zero-order chi connectivity index (χ0) is 14.7. The third-order valence-corrected chi connectivity index (χ3v) is 2.72. The molecule has 0 radical (unpaired) electrons. The molecule has 7 heteroatoms. The van der Waals surface area contributed by atoms with E-state index in [4.69, 9.17) is 9.84 Å². The average molecular weight is 265 g/mol. The molecular weight excluding hydrogens is 249 g/mol. The Morgan fingerprint density at radius 3 is 2.47 bits per heavy atom. The van der Waals surface area contributed by atoms with Crippen molar-refractivity contribution in [3.8, 4) is 0 Å². The van der Waals surface area contributed by atoms with Gasteiger partial charge in [-0.3, -0.25) is 4.79 Å². The number of carbonyl (C=O) groups is 2. The highest BCUT2D eigenvalue weighted by Gasteiger charge is 2.22. The molecule has 1 heterocycles. The Morgan fingerprint density at radius 2 is 2.05 bits per heavy atom. The van der Waals surface area contributed by atoms with Gasteiger partial charge in [0.1, 0.15) is 19.1 Å². The largest absolute Gasteiger partial charge is 0.477 e. The van der Waals surface area contributed by atoms with Gasteiger partial charge < -0.3 is 14.4 Å². The number of ether oxygens (including phenoxy) is 1. The average Bonchev–Trinajstić information content (AvgIpc) is 2.31. The molecule has 1 aromatic rings. The second-order valence-corrected chi connectivity index (χ2v) is 4.37. The molecule has 0 aromatic carbocycles. The van der Waals surface area contributed by atoms with E-state index in [1.807, 2.05) is 0 Å². The van der Waals surface area contributed by atoms with Crippen molar-refractivity contribution < 1.29 is 19.4 Å². The van der Waals surface area contributed by atoms with Gasteiger partial charge in [-0.1, -0.05) is 0 Å². The highest BCUT2D eigenvalue weighted by molar-refractivity contribution is 6.36. The van der Waals surface area contributed by atoms with Crippen LogP contribution in [0, 0.1) is 0 Å². The van der Waals surface area contributed by atoms with E-state index in [2.05, 4.69) is 0 Å². The van der Waals surface area contributed by atoms with Crippen LogP contribution in [0.2, 0.25) is 0 Å². The summed E-state index contributed by atoms with van der Waals surface area (Å²) in [6.07, 6.45) is 1.19. The molecule has 0 aliphatic rings. The van der Waals surface area contributed by atoms with E-state index in [0.29, 0.717) is 0 Å². The summed E-state index contributed by atoms with van der Waals surface area (Å²) in [5, 5.41) is 9.00. The number of nitrogens with zero attached hydrogens (tertiary/aromatic N) is 1. The third kappa shape index (κ3) is 2.86. The minimum absolute atomic E-state index is 0.0899. The lowest BCUT2D eigenvalue weighted by molar-refractivity contribution is 0.0510. The zero-order valence-corrected chi connectivity index (χ0v) is 11.4. The topological polar surface area (TPSA) is 85.6 Å². The second-order valence-electron chi connectivity index (χ2n) is 4.37. The van der Waals surface area contributed by atoms with Crippen LogP contribution >= 0.6 is 0 Å². The van der Waals surface area contributed by atoms with Crippen LogP contribution in [0.5, 0.6) is 0 Å². The van der Waals surface area contributed by atoms with Gasteiger partial charge in [-0.15, -0.1) is 0 Å². The number of rotatable bonds is 4. The van der Waals surface area contributed by atoms with E-state index >= 15 is 0 Å². The fourth-order valence-corrected chi connectivity index (χ4v) is 1.78. The predicted molar refractivity (Wildman–Crippen MR) is 72.2 cm³/mol. The zero-order valence-electron chi connectivity index (χ0n) is 11.4. The van der Waals surface area contributed by atoms with Gasteiger partial charge in [0, 0.05) is 12.2 Å². The molecule has 0 atom stereocenters. The minimum atomic E-state index is -1.31. The van der Waals surface area contributed by atoms with Gasteiger partial charge in [0.25, 0.3) is 0 Å². The van der Waals surface area contributed by atoms with Crippen LogP contribution in [0.4, 0.5) is 0 Å². The van der Waals surface area contributed by atoms with Gasteiger partial charge in [-0.2, -0.15) is 0 Å². The van der Waals surface area contributed by atoms with Gasteiger partial charge in [-0.05, 0) is 26.2 Å². The first-order valence-electron chi connectivity index (χ1n) is 5.97. The van der Waals surface area contributed by atoms with Crippen molar-refractivity contribution in [2.24, 2.45) is 0 Å². The molecule has 1 rings (SSSR count). The number of hydrogen-bond donors (Lipinski definition) is 1. The van der Waals surface area contributed by atoms with E-state index in [-0.39, 0.29) is 29.4 Å². The van der Waals surface area contributed by atoms with Crippen molar-refractivity contribution in [1.82, 2.24) is 4.57 Å². The summed E-state index contributed by atoms with van der Waals surface area (Å²) in [6.45, 7) is 5.43. The van der Waals surface area contributed by atoms with Crippen molar-refractivity contribution in [1.29, 1.82) is 0 Å². The number of aromatic nitrogens is 1. The summed E-state index contributed by atoms with van der Waals surface area (Å²) >= 11 is 0. The van der Waals surface area contributed by atoms with Crippen LogP contribution in [0.25, 0.3) is 0 Å². The van der Waals surface area contributed by atoms with Gasteiger partial charge in [0.05, 0.1) is 6.61 Å². The van der Waals surface area contributed by atoms with Crippen molar-refractivity contribution in [2.45, 2.75) is 26.8 Å². The molecule has 0 aliphatic carbocycles. The monoisotopic (exact) mass is 265 g/mol. The van der Waals surface area contributed by atoms with E-state index in [1.165, 1.54) is 18.6 Å². The fourth-order valence-electron chi connectivity index (χ4n) is 1.78. The second kappa shape index (κ2) is 5.73. The van der Waals surface area contributed by atoms with Crippen LogP contribution in [-0.4, -0.2) is 36.1 Å². The van der Waals surface area contributed by atoms with Gasteiger partial charge in [0.2, 0.25) is 0 Å². The van der Waals surface area contributed by atoms with Crippen LogP contribution in [0.1, 0.15) is 47.7 Å². The smallest absolute Gasteiger partial charge is 0.354 e. The van der Waals surface area contributed by atoms with Crippen LogP contribution in [0.3, 0.4) is 0 Å². The maximum Gasteiger partial charge on any atom is 0.354 e. The Kier molecular flexibility index (Phi) is 4.53. The Morgan fingerprint density at radius 1 is 1.47 bits per heavy atom. The Bertz CT molecular complexity index is 576. The molecule has 6 nitrogen and oxygen atoms in total. The number of hydrogen-bond acceptors (Lipinski definition) is 4. The molecule has 0 aliphatic heterocycles. The number of esters is 1. The van der Waals surface area contributed by atoms with Crippen molar-refractivity contribution in [3.05, 3.63) is 27.7 Å². The summed E-state index contributed by atoms with van der Waals surface area (Å²) < 4.78 is 6.37. The SMILES string of the molecule is Bc1c(C(=O)OCC)n(C(C)C)cc(C(=O)O)c1=O. The maximum atomic E-state index is 11.9.